The highest BCUT2D eigenvalue weighted by atomic mass is 35.5. The monoisotopic (exact) mass is 270 g/mol. The summed E-state index contributed by atoms with van der Waals surface area (Å²) in [5.41, 5.74) is 1.51. The van der Waals surface area contributed by atoms with Gasteiger partial charge in [0.25, 0.3) is 0 Å². The number of thiophene rings is 1. The van der Waals surface area contributed by atoms with E-state index in [9.17, 15) is 0 Å². The van der Waals surface area contributed by atoms with E-state index in [1.807, 2.05) is 18.3 Å². The second-order valence-electron chi connectivity index (χ2n) is 3.97. The molecule has 0 spiro atoms. The molecule has 2 aromatic rings. The molecule has 0 bridgehead atoms. The van der Waals surface area contributed by atoms with Gasteiger partial charge in [0, 0.05) is 4.88 Å². The molecule has 0 amide bonds. The second kappa shape index (κ2) is 4.09. The second-order valence-corrected chi connectivity index (χ2v) is 6.77. The van der Waals surface area contributed by atoms with Crippen LogP contribution in [0.4, 0.5) is 0 Å². The number of halogens is 1. The predicted molar refractivity (Wildman–Crippen MR) is 69.5 cm³/mol. The summed E-state index contributed by atoms with van der Waals surface area (Å²) in [7, 11) is 0. The van der Waals surface area contributed by atoms with Crippen LogP contribution in [0, 0.1) is 0 Å². The number of rotatable bonds is 2. The van der Waals surface area contributed by atoms with E-state index in [2.05, 4.69) is 16.3 Å². The molecule has 84 valence electrons. The number of aromatic nitrogens is 2. The lowest BCUT2D eigenvalue weighted by Crippen LogP contribution is -1.80. The topological polar surface area (TPSA) is 25.8 Å². The number of nitrogens with zero attached hydrogens (tertiary/aromatic N) is 2. The lowest BCUT2D eigenvalue weighted by molar-refractivity contribution is 0.915. The molecule has 2 nitrogen and oxygen atoms in total. The van der Waals surface area contributed by atoms with E-state index in [1.165, 1.54) is 34.6 Å². The highest BCUT2D eigenvalue weighted by Crippen LogP contribution is 2.38. The summed E-state index contributed by atoms with van der Waals surface area (Å²) in [6.45, 7) is 1.93. The molecule has 2 aromatic heterocycles. The highest BCUT2D eigenvalue weighted by Gasteiger charge is 2.18. The first-order valence-electron chi connectivity index (χ1n) is 5.33. The summed E-state index contributed by atoms with van der Waals surface area (Å²) in [5, 5.41) is 10.2. The summed E-state index contributed by atoms with van der Waals surface area (Å²) >= 11 is 9.46. The molecule has 0 aliphatic heterocycles. The van der Waals surface area contributed by atoms with Gasteiger partial charge in [-0.15, -0.1) is 33.1 Å². The maximum atomic E-state index is 5.99. The minimum absolute atomic E-state index is 0.0435. The fourth-order valence-electron chi connectivity index (χ4n) is 1.93. The number of hydrogen-bond acceptors (Lipinski definition) is 4. The van der Waals surface area contributed by atoms with Crippen LogP contribution >= 0.6 is 34.3 Å². The summed E-state index contributed by atoms with van der Waals surface area (Å²) in [6.07, 6.45) is 3.77. The fraction of sp³-hybridized carbons (Fsp3) is 0.455. The molecule has 3 rings (SSSR count). The van der Waals surface area contributed by atoms with Gasteiger partial charge in [-0.05, 0) is 37.8 Å². The normalized spacial score (nSPS) is 16.4. The van der Waals surface area contributed by atoms with E-state index >= 15 is 0 Å². The molecule has 0 aromatic carbocycles. The van der Waals surface area contributed by atoms with Crippen LogP contribution in [0.15, 0.2) is 6.07 Å². The van der Waals surface area contributed by atoms with Gasteiger partial charge in [0.1, 0.15) is 5.01 Å². The minimum Gasteiger partial charge on any atom is -0.142 e. The van der Waals surface area contributed by atoms with Crippen molar-refractivity contribution < 1.29 is 0 Å². The number of alkyl halides is 1. The number of fused-ring (bicyclic) bond motifs is 1. The summed E-state index contributed by atoms with van der Waals surface area (Å²) < 4.78 is 0. The van der Waals surface area contributed by atoms with Crippen molar-refractivity contribution in [3.63, 3.8) is 0 Å². The zero-order chi connectivity index (χ0) is 11.1. The van der Waals surface area contributed by atoms with E-state index < -0.39 is 0 Å². The molecule has 2 heterocycles. The lowest BCUT2D eigenvalue weighted by atomic mass is 10.2. The molecular weight excluding hydrogens is 260 g/mol. The van der Waals surface area contributed by atoms with E-state index in [-0.39, 0.29) is 5.38 Å². The maximum absolute atomic E-state index is 5.99. The molecule has 0 fully saturated rings. The van der Waals surface area contributed by atoms with E-state index in [0.717, 1.165) is 10.0 Å². The van der Waals surface area contributed by atoms with Gasteiger partial charge < -0.3 is 0 Å². The van der Waals surface area contributed by atoms with Gasteiger partial charge in [0.2, 0.25) is 0 Å². The van der Waals surface area contributed by atoms with Crippen LogP contribution in [-0.2, 0) is 12.8 Å². The Morgan fingerprint density at radius 1 is 1.31 bits per heavy atom. The van der Waals surface area contributed by atoms with Crippen LogP contribution in [-0.4, -0.2) is 10.2 Å². The van der Waals surface area contributed by atoms with Gasteiger partial charge in [0.05, 0.1) is 10.3 Å². The molecule has 1 aliphatic rings. The van der Waals surface area contributed by atoms with Crippen molar-refractivity contribution in [3.05, 3.63) is 21.5 Å². The average Bonchev–Trinajstić information content (AvgIpc) is 2.91. The van der Waals surface area contributed by atoms with Gasteiger partial charge in [-0.25, -0.2) is 0 Å². The predicted octanol–water partition coefficient (Wildman–Crippen LogP) is 4.06. The van der Waals surface area contributed by atoms with Crippen LogP contribution in [0.5, 0.6) is 0 Å². The van der Waals surface area contributed by atoms with Crippen LogP contribution in [0.2, 0.25) is 0 Å². The molecule has 5 heteroatoms. The fourth-order valence-corrected chi connectivity index (χ4v) is 4.17. The van der Waals surface area contributed by atoms with Gasteiger partial charge in [-0.2, -0.15) is 0 Å². The van der Waals surface area contributed by atoms with Crippen LogP contribution < -0.4 is 0 Å². The first-order valence-corrected chi connectivity index (χ1v) is 7.40. The summed E-state index contributed by atoms with van der Waals surface area (Å²) in [6, 6.07) is 2.27. The third-order valence-corrected chi connectivity index (χ3v) is 5.59. The van der Waals surface area contributed by atoms with Crippen molar-refractivity contribution in [2.75, 3.05) is 0 Å². The Morgan fingerprint density at radius 2 is 2.19 bits per heavy atom. The Hall–Kier alpha value is -0.450. The van der Waals surface area contributed by atoms with Crippen molar-refractivity contribution in [3.8, 4) is 9.88 Å². The standard InChI is InChI=1S/C11H11ClN2S2/c1-6(12)10-13-14-11(16-10)9-5-7-3-2-4-8(7)15-9/h5-6H,2-4H2,1H3. The molecule has 16 heavy (non-hydrogen) atoms. The van der Waals surface area contributed by atoms with Gasteiger partial charge in [-0.1, -0.05) is 11.3 Å². The van der Waals surface area contributed by atoms with E-state index in [0.29, 0.717) is 0 Å². The number of hydrogen-bond donors (Lipinski definition) is 0. The quantitative estimate of drug-likeness (QED) is 0.769. The molecule has 1 atom stereocenters. The lowest BCUT2D eigenvalue weighted by Gasteiger charge is -1.91. The molecule has 0 saturated carbocycles. The molecular formula is C11H11ClN2S2. The molecule has 0 N–H and O–H groups in total. The molecule has 0 saturated heterocycles. The van der Waals surface area contributed by atoms with Crippen molar-refractivity contribution in [2.24, 2.45) is 0 Å². The van der Waals surface area contributed by atoms with Crippen molar-refractivity contribution in [2.45, 2.75) is 31.6 Å². The van der Waals surface area contributed by atoms with Crippen molar-refractivity contribution >= 4 is 34.3 Å². The summed E-state index contributed by atoms with van der Waals surface area (Å²) in [5.74, 6) is 0. The SMILES string of the molecule is CC(Cl)c1nnc(-c2cc3c(s2)CCC3)s1. The third-order valence-electron chi connectivity index (χ3n) is 2.74. The van der Waals surface area contributed by atoms with Gasteiger partial charge in [-0.3, -0.25) is 0 Å². The summed E-state index contributed by atoms with van der Waals surface area (Å²) in [4.78, 5) is 2.79. The molecule has 1 aliphatic carbocycles. The Morgan fingerprint density at radius 3 is 2.88 bits per heavy atom. The molecule has 0 radical (unpaired) electrons. The zero-order valence-corrected chi connectivity index (χ0v) is 11.3. The van der Waals surface area contributed by atoms with Crippen molar-refractivity contribution in [1.82, 2.24) is 10.2 Å². The number of aryl methyl sites for hydroxylation is 2. The molecule has 1 unspecified atom stereocenters. The zero-order valence-electron chi connectivity index (χ0n) is 8.86. The third kappa shape index (κ3) is 1.79. The first kappa shape index (κ1) is 10.7. The largest absolute Gasteiger partial charge is 0.157 e. The van der Waals surface area contributed by atoms with Gasteiger partial charge >= 0.3 is 0 Å². The first-order chi connectivity index (χ1) is 7.74. The van der Waals surface area contributed by atoms with Crippen LogP contribution in [0.3, 0.4) is 0 Å². The van der Waals surface area contributed by atoms with Crippen LogP contribution in [0.1, 0.15) is 34.2 Å². The Kier molecular flexibility index (Phi) is 2.73. The van der Waals surface area contributed by atoms with Crippen LogP contribution in [0.25, 0.3) is 9.88 Å². The Balaban J connectivity index is 1.95. The van der Waals surface area contributed by atoms with Gasteiger partial charge in [0.15, 0.2) is 5.01 Å². The average molecular weight is 271 g/mol. The minimum atomic E-state index is -0.0435. The van der Waals surface area contributed by atoms with E-state index in [1.54, 1.807) is 11.3 Å². The highest BCUT2D eigenvalue weighted by molar-refractivity contribution is 7.21. The Labute approximate surface area is 107 Å². The smallest absolute Gasteiger partial charge is 0.142 e. The Bertz CT molecular complexity index is 494. The van der Waals surface area contributed by atoms with Crippen molar-refractivity contribution in [1.29, 1.82) is 0 Å². The van der Waals surface area contributed by atoms with E-state index in [4.69, 9.17) is 11.6 Å². The maximum Gasteiger partial charge on any atom is 0.157 e.